The van der Waals surface area contributed by atoms with E-state index in [4.69, 9.17) is 21.1 Å². The third kappa shape index (κ3) is 3.25. The Hall–Kier alpha value is -1.67. The van der Waals surface area contributed by atoms with Crippen molar-refractivity contribution >= 4 is 34.4 Å². The fourth-order valence-corrected chi connectivity index (χ4v) is 3.67. The minimum absolute atomic E-state index is 0.0935. The summed E-state index contributed by atoms with van der Waals surface area (Å²) < 4.78 is 12.7. The van der Waals surface area contributed by atoms with Gasteiger partial charge < -0.3 is 9.47 Å². The molecule has 0 bridgehead atoms. The molecule has 3 heterocycles. The maximum absolute atomic E-state index is 6.07. The van der Waals surface area contributed by atoms with Crippen molar-refractivity contribution in [1.29, 1.82) is 0 Å². The number of ether oxygens (including phenoxy) is 2. The van der Waals surface area contributed by atoms with E-state index in [0.29, 0.717) is 18.2 Å². The number of hydrogen-bond acceptors (Lipinski definition) is 6. The minimum Gasteiger partial charge on any atom is -0.350 e. The summed E-state index contributed by atoms with van der Waals surface area (Å²) in [4.78, 5) is 8.76. The van der Waals surface area contributed by atoms with Gasteiger partial charge in [-0.15, -0.1) is 11.8 Å². The van der Waals surface area contributed by atoms with Crippen LogP contribution in [0.25, 0.3) is 16.7 Å². The summed E-state index contributed by atoms with van der Waals surface area (Å²) in [5.41, 5.74) is 1.64. The van der Waals surface area contributed by atoms with Crippen LogP contribution in [0.2, 0.25) is 5.02 Å². The Labute approximate surface area is 148 Å². The second-order valence-electron chi connectivity index (χ2n) is 5.26. The first-order valence-electron chi connectivity index (χ1n) is 7.62. The molecule has 0 radical (unpaired) electrons. The predicted octanol–water partition coefficient (Wildman–Crippen LogP) is 3.32. The zero-order chi connectivity index (χ0) is 16.4. The normalized spacial score (nSPS) is 15.4. The molecule has 0 aliphatic carbocycles. The maximum Gasteiger partial charge on any atom is 0.167 e. The Morgan fingerprint density at radius 3 is 2.96 bits per heavy atom. The Morgan fingerprint density at radius 2 is 2.12 bits per heavy atom. The number of rotatable bonds is 5. The second-order valence-corrected chi connectivity index (χ2v) is 6.78. The summed E-state index contributed by atoms with van der Waals surface area (Å²) in [5.74, 6) is 0.860. The molecule has 2 aromatic heterocycles. The quantitative estimate of drug-likeness (QED) is 0.512. The zero-order valence-corrected chi connectivity index (χ0v) is 14.3. The van der Waals surface area contributed by atoms with Crippen molar-refractivity contribution in [3.8, 4) is 5.69 Å². The van der Waals surface area contributed by atoms with Gasteiger partial charge in [0.25, 0.3) is 0 Å². The largest absolute Gasteiger partial charge is 0.350 e. The van der Waals surface area contributed by atoms with E-state index in [1.807, 2.05) is 24.3 Å². The first-order valence-corrected chi connectivity index (χ1v) is 8.98. The van der Waals surface area contributed by atoms with Crippen LogP contribution in [0, 0.1) is 0 Å². The Bertz CT molecular complexity index is 851. The summed E-state index contributed by atoms with van der Waals surface area (Å²) >= 11 is 7.73. The lowest BCUT2D eigenvalue weighted by molar-refractivity contribution is -0.0421. The second kappa shape index (κ2) is 7.06. The van der Waals surface area contributed by atoms with Gasteiger partial charge >= 0.3 is 0 Å². The van der Waals surface area contributed by atoms with Crippen molar-refractivity contribution in [1.82, 2.24) is 19.7 Å². The van der Waals surface area contributed by atoms with Gasteiger partial charge in [0.1, 0.15) is 11.4 Å². The fourth-order valence-electron chi connectivity index (χ4n) is 2.56. The average Bonchev–Trinajstić information content (AvgIpc) is 3.24. The molecule has 8 heteroatoms. The first-order chi connectivity index (χ1) is 11.8. The number of fused-ring (bicyclic) bond motifs is 1. The highest BCUT2D eigenvalue weighted by Crippen LogP contribution is 2.27. The summed E-state index contributed by atoms with van der Waals surface area (Å²) in [6.07, 6.45) is 4.10. The van der Waals surface area contributed by atoms with Crippen LogP contribution in [0.15, 0.2) is 41.8 Å². The van der Waals surface area contributed by atoms with Crippen LogP contribution in [0.5, 0.6) is 0 Å². The maximum atomic E-state index is 6.07. The van der Waals surface area contributed by atoms with Gasteiger partial charge in [0, 0.05) is 17.2 Å². The van der Waals surface area contributed by atoms with Crippen molar-refractivity contribution in [2.24, 2.45) is 0 Å². The van der Waals surface area contributed by atoms with Gasteiger partial charge in [0.2, 0.25) is 0 Å². The molecule has 0 spiro atoms. The molecule has 1 aliphatic heterocycles. The number of nitrogens with zero attached hydrogens (tertiary/aromatic N) is 4. The molecule has 24 heavy (non-hydrogen) atoms. The van der Waals surface area contributed by atoms with Crippen molar-refractivity contribution in [3.05, 3.63) is 41.8 Å². The van der Waals surface area contributed by atoms with E-state index in [-0.39, 0.29) is 6.29 Å². The van der Waals surface area contributed by atoms with Crippen LogP contribution >= 0.6 is 23.4 Å². The number of aromatic nitrogens is 4. The lowest BCUT2D eigenvalue weighted by Gasteiger charge is -2.08. The molecule has 1 fully saturated rings. The van der Waals surface area contributed by atoms with Crippen LogP contribution in [0.3, 0.4) is 0 Å². The Morgan fingerprint density at radius 1 is 1.25 bits per heavy atom. The third-order valence-electron chi connectivity index (χ3n) is 3.67. The Kier molecular flexibility index (Phi) is 4.66. The highest BCUT2D eigenvalue weighted by molar-refractivity contribution is 7.99. The van der Waals surface area contributed by atoms with E-state index in [2.05, 4.69) is 15.1 Å². The third-order valence-corrected chi connectivity index (χ3v) is 4.94. The van der Waals surface area contributed by atoms with Crippen molar-refractivity contribution in [3.63, 3.8) is 0 Å². The van der Waals surface area contributed by atoms with Gasteiger partial charge in [-0.25, -0.2) is 14.6 Å². The monoisotopic (exact) mass is 362 g/mol. The molecule has 3 aromatic rings. The molecule has 0 saturated carbocycles. The van der Waals surface area contributed by atoms with Crippen molar-refractivity contribution in [2.75, 3.05) is 19.0 Å². The molecule has 0 amide bonds. The molecule has 4 rings (SSSR count). The van der Waals surface area contributed by atoms with Crippen LogP contribution in [0.4, 0.5) is 0 Å². The lowest BCUT2D eigenvalue weighted by atomic mass is 10.3. The molecular weight excluding hydrogens is 348 g/mol. The van der Waals surface area contributed by atoms with E-state index in [9.17, 15) is 0 Å². The highest BCUT2D eigenvalue weighted by atomic mass is 35.5. The molecular formula is C16H15ClN4O2S. The van der Waals surface area contributed by atoms with Crippen LogP contribution in [-0.4, -0.2) is 45.0 Å². The number of benzene rings is 1. The summed E-state index contributed by atoms with van der Waals surface area (Å²) in [5, 5.41) is 6.94. The van der Waals surface area contributed by atoms with Crippen molar-refractivity contribution < 1.29 is 9.47 Å². The molecule has 1 saturated heterocycles. The molecule has 1 aliphatic rings. The standard InChI is InChI=1S/C16H15ClN4O2S/c17-11-2-1-3-12(8-11)21-15-13(9-20-21)16(19-10-18-15)24-7-4-14-22-5-6-23-14/h1-3,8-10,14H,4-7H2. The van der Waals surface area contributed by atoms with E-state index < -0.39 is 0 Å². The average molecular weight is 363 g/mol. The molecule has 124 valence electrons. The molecule has 0 N–H and O–H groups in total. The van der Waals surface area contributed by atoms with E-state index in [1.54, 1.807) is 29.0 Å². The van der Waals surface area contributed by atoms with Gasteiger partial charge in [-0.05, 0) is 18.2 Å². The fraction of sp³-hybridized carbons (Fsp3) is 0.312. The summed E-state index contributed by atoms with van der Waals surface area (Å²) in [6, 6.07) is 7.53. The van der Waals surface area contributed by atoms with Crippen LogP contribution in [-0.2, 0) is 9.47 Å². The number of hydrogen-bond donors (Lipinski definition) is 0. The SMILES string of the molecule is Clc1cccc(-n2ncc3c(SCCC4OCCO4)ncnc32)c1. The molecule has 1 aromatic carbocycles. The smallest absolute Gasteiger partial charge is 0.167 e. The topological polar surface area (TPSA) is 62.1 Å². The highest BCUT2D eigenvalue weighted by Gasteiger charge is 2.17. The van der Waals surface area contributed by atoms with E-state index in [0.717, 1.165) is 33.9 Å². The predicted molar refractivity (Wildman–Crippen MR) is 92.7 cm³/mol. The van der Waals surface area contributed by atoms with E-state index in [1.165, 1.54) is 0 Å². The summed E-state index contributed by atoms with van der Waals surface area (Å²) in [7, 11) is 0. The van der Waals surface area contributed by atoms with Gasteiger partial charge in [-0.3, -0.25) is 0 Å². The lowest BCUT2D eigenvalue weighted by Crippen LogP contribution is -2.08. The minimum atomic E-state index is -0.0935. The van der Waals surface area contributed by atoms with Crippen LogP contribution < -0.4 is 0 Å². The van der Waals surface area contributed by atoms with E-state index >= 15 is 0 Å². The molecule has 0 unspecified atom stereocenters. The first kappa shape index (κ1) is 15.8. The van der Waals surface area contributed by atoms with Gasteiger partial charge in [-0.2, -0.15) is 5.10 Å². The molecule has 6 nitrogen and oxygen atoms in total. The zero-order valence-electron chi connectivity index (χ0n) is 12.8. The van der Waals surface area contributed by atoms with Crippen molar-refractivity contribution in [2.45, 2.75) is 17.7 Å². The number of halogens is 1. The van der Waals surface area contributed by atoms with Gasteiger partial charge in [-0.1, -0.05) is 17.7 Å². The Balaban J connectivity index is 1.57. The van der Waals surface area contributed by atoms with Gasteiger partial charge in [0.15, 0.2) is 11.9 Å². The van der Waals surface area contributed by atoms with Gasteiger partial charge in [0.05, 0.1) is 30.5 Å². The number of thioether (sulfide) groups is 1. The van der Waals surface area contributed by atoms with Crippen LogP contribution in [0.1, 0.15) is 6.42 Å². The molecule has 0 atom stereocenters. The summed E-state index contributed by atoms with van der Waals surface area (Å²) in [6.45, 7) is 1.36.